The van der Waals surface area contributed by atoms with Gasteiger partial charge in [-0.1, -0.05) is 36.3 Å². The van der Waals surface area contributed by atoms with Gasteiger partial charge >= 0.3 is 0 Å². The van der Waals surface area contributed by atoms with Gasteiger partial charge in [0.2, 0.25) is 0 Å². The van der Waals surface area contributed by atoms with Crippen LogP contribution in [0.25, 0.3) is 0 Å². The maximum absolute atomic E-state index is 10.3. The van der Waals surface area contributed by atoms with Gasteiger partial charge in [-0.2, -0.15) is 0 Å². The second-order valence-electron chi connectivity index (χ2n) is 6.95. The summed E-state index contributed by atoms with van der Waals surface area (Å²) in [6, 6.07) is 13.4. The summed E-state index contributed by atoms with van der Waals surface area (Å²) in [6.45, 7) is 1.56. The van der Waals surface area contributed by atoms with E-state index in [-0.39, 0.29) is 0 Å². The minimum Gasteiger partial charge on any atom is -0.394 e. The molecule has 3 rings (SSSR count). The number of hydrogen-bond acceptors (Lipinski definition) is 5. The molecule has 1 aliphatic heterocycles. The minimum atomic E-state index is -1.39. The third-order valence-corrected chi connectivity index (χ3v) is 5.11. The lowest BCUT2D eigenvalue weighted by atomic mass is 9.89. The summed E-state index contributed by atoms with van der Waals surface area (Å²) in [6.07, 6.45) is 0.291. The molecule has 0 amide bonds. The number of aliphatic hydroxyl groups excluding tert-OH is 4. The Morgan fingerprint density at radius 1 is 1.00 bits per heavy atom. The third kappa shape index (κ3) is 4.06. The van der Waals surface area contributed by atoms with Gasteiger partial charge in [-0.25, -0.2) is 0 Å². The van der Waals surface area contributed by atoms with Gasteiger partial charge in [-0.05, 0) is 47.7 Å². The second-order valence-corrected chi connectivity index (χ2v) is 6.95. The molecule has 0 aromatic heterocycles. The van der Waals surface area contributed by atoms with E-state index in [1.54, 1.807) is 0 Å². The van der Waals surface area contributed by atoms with Crippen LogP contribution in [0.15, 0.2) is 42.5 Å². The van der Waals surface area contributed by atoms with Crippen LogP contribution < -0.4 is 0 Å². The number of benzene rings is 2. The van der Waals surface area contributed by atoms with Crippen molar-refractivity contribution in [2.45, 2.75) is 43.9 Å². The average molecular weight is 368 g/mol. The summed E-state index contributed by atoms with van der Waals surface area (Å²) in [5.41, 5.74) is 4.75. The van der Waals surface area contributed by atoms with E-state index < -0.39 is 37.1 Å². The van der Waals surface area contributed by atoms with Gasteiger partial charge in [0.1, 0.15) is 30.5 Å². The van der Waals surface area contributed by atoms with Crippen molar-refractivity contribution < 1.29 is 25.2 Å². The first kappa shape index (κ1) is 19.6. The smallest absolute Gasteiger partial charge is 0.113 e. The van der Waals surface area contributed by atoms with Crippen molar-refractivity contribution in [1.29, 1.82) is 0 Å². The highest BCUT2D eigenvalue weighted by atomic mass is 16.5. The van der Waals surface area contributed by atoms with Crippen LogP contribution in [0.5, 0.6) is 0 Å². The van der Waals surface area contributed by atoms with Crippen molar-refractivity contribution >= 4 is 0 Å². The Morgan fingerprint density at radius 3 is 2.33 bits per heavy atom. The van der Waals surface area contributed by atoms with Gasteiger partial charge in [0, 0.05) is 5.56 Å². The van der Waals surface area contributed by atoms with E-state index in [9.17, 15) is 20.4 Å². The first-order valence-corrected chi connectivity index (χ1v) is 8.90. The highest BCUT2D eigenvalue weighted by molar-refractivity contribution is 5.39. The summed E-state index contributed by atoms with van der Waals surface area (Å²) >= 11 is 0. The maximum atomic E-state index is 10.3. The van der Waals surface area contributed by atoms with Crippen LogP contribution >= 0.6 is 0 Å². The van der Waals surface area contributed by atoms with Crippen molar-refractivity contribution in [3.63, 3.8) is 0 Å². The predicted molar refractivity (Wildman–Crippen MR) is 101 cm³/mol. The summed E-state index contributed by atoms with van der Waals surface area (Å²) in [4.78, 5) is 0. The van der Waals surface area contributed by atoms with Gasteiger partial charge in [-0.15, -0.1) is 6.42 Å². The fraction of sp³-hybridized carbons (Fsp3) is 0.364. The highest BCUT2D eigenvalue weighted by Gasteiger charge is 2.43. The Morgan fingerprint density at radius 2 is 1.70 bits per heavy atom. The Hall–Kier alpha value is -2.20. The number of terminal acetylenes is 1. The van der Waals surface area contributed by atoms with Crippen LogP contribution in [0.3, 0.4) is 0 Å². The van der Waals surface area contributed by atoms with Crippen molar-refractivity contribution in [3.05, 3.63) is 70.3 Å². The molecule has 5 atom stereocenters. The summed E-state index contributed by atoms with van der Waals surface area (Å²) in [5, 5.41) is 39.7. The zero-order chi connectivity index (χ0) is 19.6. The van der Waals surface area contributed by atoms with Gasteiger partial charge in [-0.3, -0.25) is 0 Å². The molecule has 1 heterocycles. The molecule has 1 saturated heterocycles. The van der Waals surface area contributed by atoms with E-state index in [1.807, 2.05) is 49.4 Å². The number of aliphatic hydroxyl groups is 4. The molecule has 5 nitrogen and oxygen atoms in total. The zero-order valence-electron chi connectivity index (χ0n) is 15.1. The number of ether oxygens (including phenoxy) is 1. The molecule has 142 valence electrons. The minimum absolute atomic E-state index is 0.443. The lowest BCUT2D eigenvalue weighted by molar-refractivity contribution is -0.231. The molecule has 2 aromatic carbocycles. The zero-order valence-corrected chi connectivity index (χ0v) is 15.1. The van der Waals surface area contributed by atoms with Crippen LogP contribution in [-0.4, -0.2) is 51.4 Å². The molecule has 0 saturated carbocycles. The molecule has 1 unspecified atom stereocenters. The van der Waals surface area contributed by atoms with E-state index in [2.05, 4.69) is 5.92 Å². The molecular weight excluding hydrogens is 344 g/mol. The average Bonchev–Trinajstić information content (AvgIpc) is 2.69. The fourth-order valence-corrected chi connectivity index (χ4v) is 3.37. The molecule has 27 heavy (non-hydrogen) atoms. The molecule has 0 bridgehead atoms. The van der Waals surface area contributed by atoms with E-state index in [0.29, 0.717) is 12.0 Å². The van der Waals surface area contributed by atoms with Crippen molar-refractivity contribution in [1.82, 2.24) is 0 Å². The largest absolute Gasteiger partial charge is 0.394 e. The van der Waals surface area contributed by atoms with Crippen LogP contribution in [0, 0.1) is 19.3 Å². The predicted octanol–water partition coefficient (Wildman–Crippen LogP) is 1.08. The Kier molecular flexibility index (Phi) is 5.95. The summed E-state index contributed by atoms with van der Waals surface area (Å²) in [5.74, 6) is 2.59. The van der Waals surface area contributed by atoms with Gasteiger partial charge < -0.3 is 25.2 Å². The van der Waals surface area contributed by atoms with Crippen molar-refractivity contribution in [2.75, 3.05) is 6.61 Å². The lowest BCUT2D eigenvalue weighted by Gasteiger charge is -2.40. The van der Waals surface area contributed by atoms with Crippen molar-refractivity contribution in [3.8, 4) is 12.3 Å². The molecule has 0 spiro atoms. The molecule has 1 aliphatic rings. The maximum Gasteiger partial charge on any atom is 0.113 e. The summed E-state index contributed by atoms with van der Waals surface area (Å²) in [7, 11) is 0. The van der Waals surface area contributed by atoms with Gasteiger partial charge in [0.25, 0.3) is 0 Å². The molecule has 0 aliphatic carbocycles. The number of aryl methyl sites for hydroxylation is 1. The van der Waals surface area contributed by atoms with Crippen LogP contribution in [-0.2, 0) is 11.2 Å². The summed E-state index contributed by atoms with van der Waals surface area (Å²) < 4.78 is 5.66. The van der Waals surface area contributed by atoms with E-state index in [1.165, 1.54) is 0 Å². The second kappa shape index (κ2) is 8.22. The quantitative estimate of drug-likeness (QED) is 0.607. The topological polar surface area (TPSA) is 90.2 Å². The third-order valence-electron chi connectivity index (χ3n) is 5.11. The highest BCUT2D eigenvalue weighted by Crippen LogP contribution is 2.33. The molecule has 2 aromatic rings. The van der Waals surface area contributed by atoms with E-state index in [0.717, 1.165) is 22.3 Å². The van der Waals surface area contributed by atoms with E-state index in [4.69, 9.17) is 11.2 Å². The Bertz CT molecular complexity index is 822. The first-order valence-electron chi connectivity index (χ1n) is 8.90. The number of hydrogen-bond donors (Lipinski definition) is 4. The molecule has 0 radical (unpaired) electrons. The SMILES string of the molecule is C#Cc1ccc(Cc2cc([C@@H]3OC(CO)[C@@H](O)[C@H](O)[C@H]3O)ccc2C)cc1. The Labute approximate surface area is 158 Å². The number of rotatable bonds is 4. The standard InChI is InChI=1S/C22H24O5/c1-3-14-5-7-15(8-6-14)10-17-11-16(9-4-13(17)2)22-21(26)20(25)19(24)18(12-23)27-22/h1,4-9,11,18-26H,10,12H2,2H3/t18?,19-,20+,21-,22+/m1/s1. The lowest BCUT2D eigenvalue weighted by Crippen LogP contribution is -2.55. The van der Waals surface area contributed by atoms with Gasteiger partial charge in [0.05, 0.1) is 6.61 Å². The molecule has 4 N–H and O–H groups in total. The van der Waals surface area contributed by atoms with Crippen molar-refractivity contribution in [2.24, 2.45) is 0 Å². The van der Waals surface area contributed by atoms with Crippen LogP contribution in [0.4, 0.5) is 0 Å². The van der Waals surface area contributed by atoms with Crippen LogP contribution in [0.1, 0.15) is 33.9 Å². The fourth-order valence-electron chi connectivity index (χ4n) is 3.37. The molecular formula is C22H24O5. The Balaban J connectivity index is 1.86. The van der Waals surface area contributed by atoms with Crippen LogP contribution in [0.2, 0.25) is 0 Å². The van der Waals surface area contributed by atoms with Gasteiger partial charge in [0.15, 0.2) is 0 Å². The normalized spacial score (nSPS) is 27.9. The van der Waals surface area contributed by atoms with E-state index >= 15 is 0 Å². The first-order chi connectivity index (χ1) is 12.9. The molecule has 5 heteroatoms. The molecule has 1 fully saturated rings. The monoisotopic (exact) mass is 368 g/mol.